The molecule has 0 saturated carbocycles. The molecular weight excluding hydrogens is 272 g/mol. The zero-order valence-electron chi connectivity index (χ0n) is 11.9. The van der Waals surface area contributed by atoms with Gasteiger partial charge in [-0.3, -0.25) is 4.79 Å². The van der Waals surface area contributed by atoms with Gasteiger partial charge < -0.3 is 15.8 Å². The van der Waals surface area contributed by atoms with Crippen LogP contribution in [0.3, 0.4) is 0 Å². The fraction of sp³-hybridized carbons (Fsp3) is 0.533. The molecule has 0 radical (unpaired) electrons. The van der Waals surface area contributed by atoms with Crippen LogP contribution in [0.4, 0.5) is 5.69 Å². The number of thioether (sulfide) groups is 1. The van der Waals surface area contributed by atoms with Gasteiger partial charge in [-0.05, 0) is 37.7 Å². The van der Waals surface area contributed by atoms with E-state index in [1.807, 2.05) is 23.9 Å². The molecule has 20 heavy (non-hydrogen) atoms. The minimum Gasteiger partial charge on any atom is -0.493 e. The van der Waals surface area contributed by atoms with Crippen molar-refractivity contribution in [3.63, 3.8) is 0 Å². The number of nitrogen functional groups attached to an aromatic ring is 1. The van der Waals surface area contributed by atoms with Gasteiger partial charge in [0.15, 0.2) is 0 Å². The second-order valence-corrected chi connectivity index (χ2v) is 7.03. The third-order valence-corrected chi connectivity index (χ3v) is 4.95. The molecule has 0 spiro atoms. The molecule has 1 aliphatic rings. The first-order valence-electron chi connectivity index (χ1n) is 6.96. The third-order valence-electron chi connectivity index (χ3n) is 3.42. The summed E-state index contributed by atoms with van der Waals surface area (Å²) in [5.41, 5.74) is 6.33. The van der Waals surface area contributed by atoms with E-state index in [4.69, 9.17) is 10.5 Å². The Morgan fingerprint density at radius 3 is 3.10 bits per heavy atom. The lowest BCUT2D eigenvalue weighted by Gasteiger charge is -2.22. The van der Waals surface area contributed by atoms with Crippen LogP contribution in [0.1, 0.15) is 26.2 Å². The van der Waals surface area contributed by atoms with Crippen molar-refractivity contribution in [2.45, 2.75) is 30.9 Å². The lowest BCUT2D eigenvalue weighted by atomic mass is 10.1. The van der Waals surface area contributed by atoms with E-state index in [9.17, 15) is 4.79 Å². The van der Waals surface area contributed by atoms with Crippen LogP contribution in [0, 0.1) is 0 Å². The Bertz CT molecular complexity index is 459. The van der Waals surface area contributed by atoms with Crippen LogP contribution >= 0.6 is 11.8 Å². The van der Waals surface area contributed by atoms with E-state index in [1.165, 1.54) is 18.6 Å². The van der Waals surface area contributed by atoms with Gasteiger partial charge in [-0.2, -0.15) is 11.8 Å². The third kappa shape index (κ3) is 4.63. The summed E-state index contributed by atoms with van der Waals surface area (Å²) >= 11 is 1.95. The first-order valence-corrected chi connectivity index (χ1v) is 7.95. The van der Waals surface area contributed by atoms with Crippen LogP contribution in [0.2, 0.25) is 0 Å². The van der Waals surface area contributed by atoms with Crippen molar-refractivity contribution in [2.75, 3.05) is 24.6 Å². The molecule has 1 amide bonds. The van der Waals surface area contributed by atoms with Crippen molar-refractivity contribution < 1.29 is 9.53 Å². The van der Waals surface area contributed by atoms with Gasteiger partial charge in [-0.25, -0.2) is 0 Å². The second kappa shape index (κ2) is 6.88. The van der Waals surface area contributed by atoms with E-state index in [-0.39, 0.29) is 10.7 Å². The van der Waals surface area contributed by atoms with Gasteiger partial charge >= 0.3 is 0 Å². The zero-order chi connectivity index (χ0) is 14.4. The summed E-state index contributed by atoms with van der Waals surface area (Å²) in [6.07, 6.45) is 2.79. The Morgan fingerprint density at radius 1 is 1.55 bits per heavy atom. The average Bonchev–Trinajstić information content (AvgIpc) is 2.84. The predicted octanol–water partition coefficient (Wildman–Crippen LogP) is 2.44. The van der Waals surface area contributed by atoms with Crippen molar-refractivity contribution in [1.82, 2.24) is 5.32 Å². The number of rotatable bonds is 6. The Hall–Kier alpha value is -1.36. The van der Waals surface area contributed by atoms with Crippen LogP contribution in [0.5, 0.6) is 5.75 Å². The molecule has 4 nitrogen and oxygen atoms in total. The molecule has 1 atom stereocenters. The monoisotopic (exact) mass is 294 g/mol. The molecular formula is C15H22N2O2S. The normalized spacial score (nSPS) is 21.6. The number of carbonyl (C=O) groups is 1. The summed E-state index contributed by atoms with van der Waals surface area (Å²) in [4.78, 5) is 11.8. The molecule has 1 aliphatic heterocycles. The molecule has 1 saturated heterocycles. The summed E-state index contributed by atoms with van der Waals surface area (Å²) in [5, 5.41) is 3.00. The van der Waals surface area contributed by atoms with Crippen molar-refractivity contribution in [3.05, 3.63) is 24.3 Å². The maximum atomic E-state index is 11.8. The summed E-state index contributed by atoms with van der Waals surface area (Å²) in [6.45, 7) is 3.34. The zero-order valence-corrected chi connectivity index (χ0v) is 12.7. The molecule has 0 bridgehead atoms. The number of nitrogens with one attached hydrogen (secondary N) is 1. The van der Waals surface area contributed by atoms with Crippen LogP contribution in [0.15, 0.2) is 24.3 Å². The number of hydrogen-bond donors (Lipinski definition) is 2. The smallest absolute Gasteiger partial charge is 0.223 e. The second-order valence-electron chi connectivity index (χ2n) is 5.35. The molecule has 3 N–H and O–H groups in total. The van der Waals surface area contributed by atoms with E-state index in [0.29, 0.717) is 24.5 Å². The lowest BCUT2D eigenvalue weighted by Crippen LogP contribution is -2.37. The fourth-order valence-corrected chi connectivity index (χ4v) is 3.46. The molecule has 0 aromatic heterocycles. The van der Waals surface area contributed by atoms with Crippen molar-refractivity contribution >= 4 is 23.4 Å². The highest BCUT2D eigenvalue weighted by Gasteiger charge is 2.29. The number of benzene rings is 1. The van der Waals surface area contributed by atoms with Gasteiger partial charge in [-0.15, -0.1) is 0 Å². The maximum absolute atomic E-state index is 11.8. The molecule has 2 rings (SSSR count). The highest BCUT2D eigenvalue weighted by Crippen LogP contribution is 2.36. The summed E-state index contributed by atoms with van der Waals surface area (Å²) < 4.78 is 5.72. The molecule has 0 aliphatic carbocycles. The number of nitrogens with two attached hydrogens (primary N) is 1. The highest BCUT2D eigenvalue weighted by atomic mass is 32.2. The van der Waals surface area contributed by atoms with Gasteiger partial charge in [-0.1, -0.05) is 6.07 Å². The van der Waals surface area contributed by atoms with E-state index < -0.39 is 0 Å². The molecule has 1 heterocycles. The van der Waals surface area contributed by atoms with Crippen LogP contribution in [-0.2, 0) is 4.79 Å². The molecule has 1 aromatic carbocycles. The summed E-state index contributed by atoms with van der Waals surface area (Å²) in [5.74, 6) is 1.95. The Morgan fingerprint density at radius 2 is 2.40 bits per heavy atom. The molecule has 1 unspecified atom stereocenters. The van der Waals surface area contributed by atoms with Gasteiger partial charge in [0.2, 0.25) is 5.91 Å². The quantitative estimate of drug-likeness (QED) is 0.791. The number of ether oxygens (including phenoxy) is 1. The topological polar surface area (TPSA) is 64.3 Å². The summed E-state index contributed by atoms with van der Waals surface area (Å²) in [7, 11) is 0. The van der Waals surface area contributed by atoms with Crippen molar-refractivity contribution in [1.29, 1.82) is 0 Å². The highest BCUT2D eigenvalue weighted by molar-refractivity contribution is 8.00. The molecule has 1 aromatic rings. The average molecular weight is 294 g/mol. The fourth-order valence-electron chi connectivity index (χ4n) is 2.22. The van der Waals surface area contributed by atoms with Crippen LogP contribution in [-0.4, -0.2) is 29.6 Å². The van der Waals surface area contributed by atoms with Gasteiger partial charge in [0.1, 0.15) is 5.75 Å². The van der Waals surface area contributed by atoms with E-state index >= 15 is 0 Å². The molecule has 5 heteroatoms. The van der Waals surface area contributed by atoms with Crippen LogP contribution < -0.4 is 15.8 Å². The largest absolute Gasteiger partial charge is 0.493 e. The number of amides is 1. The van der Waals surface area contributed by atoms with Crippen molar-refractivity contribution in [2.24, 2.45) is 0 Å². The van der Waals surface area contributed by atoms with Crippen LogP contribution in [0.25, 0.3) is 0 Å². The van der Waals surface area contributed by atoms with Gasteiger partial charge in [0.25, 0.3) is 0 Å². The number of anilines is 1. The molecule has 110 valence electrons. The van der Waals surface area contributed by atoms with Gasteiger partial charge in [0.05, 0.1) is 13.0 Å². The Balaban J connectivity index is 1.65. The summed E-state index contributed by atoms with van der Waals surface area (Å²) in [6, 6.07) is 7.24. The van der Waals surface area contributed by atoms with Crippen molar-refractivity contribution in [3.8, 4) is 5.75 Å². The van der Waals surface area contributed by atoms with E-state index in [0.717, 1.165) is 6.54 Å². The first-order chi connectivity index (χ1) is 9.57. The number of carbonyl (C=O) groups excluding carboxylic acids is 1. The Labute approximate surface area is 124 Å². The standard InChI is InChI=1S/C15H22N2O2S/c1-15(7-3-9-20-15)11-17-14(18)6-8-19-13-5-2-4-12(16)10-13/h2,4-5,10H,3,6-9,11,16H2,1H3,(H,17,18). The van der Waals surface area contributed by atoms with E-state index in [2.05, 4.69) is 12.2 Å². The lowest BCUT2D eigenvalue weighted by molar-refractivity contribution is -0.121. The molecule has 1 fully saturated rings. The minimum absolute atomic E-state index is 0.0441. The number of hydrogen-bond acceptors (Lipinski definition) is 4. The predicted molar refractivity (Wildman–Crippen MR) is 84.1 cm³/mol. The minimum atomic E-state index is 0.0441. The maximum Gasteiger partial charge on any atom is 0.223 e. The first kappa shape index (κ1) is 15.0. The van der Waals surface area contributed by atoms with Gasteiger partial charge in [0, 0.05) is 23.0 Å². The van der Waals surface area contributed by atoms with E-state index in [1.54, 1.807) is 12.1 Å². The SMILES string of the molecule is CC1(CNC(=O)CCOc2cccc(N)c2)CCCS1. The Kier molecular flexibility index (Phi) is 5.17.